The summed E-state index contributed by atoms with van der Waals surface area (Å²) in [6.07, 6.45) is 7.95. The lowest BCUT2D eigenvalue weighted by atomic mass is 9.84. The van der Waals surface area contributed by atoms with Gasteiger partial charge in [0.25, 0.3) is 0 Å². The molecule has 222 valence electrons. The van der Waals surface area contributed by atoms with E-state index in [1.807, 2.05) is 12.1 Å². The monoisotopic (exact) mass is 570 g/mol. The molecule has 2 aromatic rings. The molecule has 1 saturated heterocycles. The van der Waals surface area contributed by atoms with E-state index in [0.717, 1.165) is 62.5 Å². The molecule has 0 amide bonds. The largest absolute Gasteiger partial charge is 0.361 e. The number of hydrogen-bond donors (Lipinski definition) is 0. The second-order valence-corrected chi connectivity index (χ2v) is 10.7. The molecule has 0 spiro atoms. The second-order valence-electron chi connectivity index (χ2n) is 10.3. The maximum absolute atomic E-state index is 7.15. The van der Waals surface area contributed by atoms with E-state index in [-0.39, 0.29) is 13.5 Å². The zero-order valence-electron chi connectivity index (χ0n) is 25.1. The van der Waals surface area contributed by atoms with E-state index in [4.69, 9.17) is 31.2 Å². The summed E-state index contributed by atoms with van der Waals surface area (Å²) in [6, 6.07) is 20.8. The minimum absolute atomic E-state index is 0.289. The van der Waals surface area contributed by atoms with Crippen molar-refractivity contribution in [3.63, 3.8) is 0 Å². The van der Waals surface area contributed by atoms with E-state index >= 15 is 0 Å². The lowest BCUT2D eigenvalue weighted by Gasteiger charge is -2.50. The first kappa shape index (κ1) is 32.5. The molecule has 0 aromatic heterocycles. The molecule has 40 heavy (non-hydrogen) atoms. The van der Waals surface area contributed by atoms with Crippen LogP contribution in [0.5, 0.6) is 0 Å². The van der Waals surface area contributed by atoms with Crippen molar-refractivity contribution in [2.45, 2.75) is 90.5 Å². The van der Waals surface area contributed by atoms with Crippen LogP contribution in [0.3, 0.4) is 0 Å². The van der Waals surface area contributed by atoms with Crippen LogP contribution in [0.25, 0.3) is 0 Å². The molecule has 1 fully saturated rings. The van der Waals surface area contributed by atoms with Crippen LogP contribution in [0.1, 0.15) is 90.2 Å². The third-order valence-corrected chi connectivity index (χ3v) is 7.80. The Bertz CT molecular complexity index is 901. The Hall–Kier alpha value is -2.03. The van der Waals surface area contributed by atoms with E-state index in [0.29, 0.717) is 31.5 Å². The number of nitrogens with zero attached hydrogens (tertiary/aromatic N) is 2. The van der Waals surface area contributed by atoms with Crippen molar-refractivity contribution in [3.8, 4) is 0 Å². The number of unbranched alkanes of at least 4 members (excludes halogenated alkanes) is 4. The van der Waals surface area contributed by atoms with Crippen LogP contribution in [-0.4, -0.2) is 54.8 Å². The van der Waals surface area contributed by atoms with Gasteiger partial charge >= 0.3 is 0 Å². The molecule has 1 aliphatic heterocycles. The summed E-state index contributed by atoms with van der Waals surface area (Å²) >= 11 is 6.31. The SMILES string of the molecule is CCCCOCN1C(=S)N(COCCCC)C(OCCCC)(c2ccccc2)C1(OCCCC)c1ccccc1. The molecule has 0 radical (unpaired) electrons. The van der Waals surface area contributed by atoms with Crippen LogP contribution >= 0.6 is 12.2 Å². The van der Waals surface area contributed by atoms with Crippen molar-refractivity contribution < 1.29 is 18.9 Å². The maximum Gasteiger partial charge on any atom is 0.224 e. The fraction of sp³-hybridized carbons (Fsp3) is 0.606. The molecule has 0 saturated carbocycles. The Balaban J connectivity index is 2.29. The van der Waals surface area contributed by atoms with Gasteiger partial charge in [0.05, 0.1) is 13.2 Å². The fourth-order valence-corrected chi connectivity index (χ4v) is 5.52. The van der Waals surface area contributed by atoms with Gasteiger partial charge in [0, 0.05) is 24.3 Å². The topological polar surface area (TPSA) is 43.4 Å². The number of hydrogen-bond acceptors (Lipinski definition) is 5. The summed E-state index contributed by atoms with van der Waals surface area (Å²) in [5.74, 6) is 0. The first-order chi connectivity index (χ1) is 19.6. The summed E-state index contributed by atoms with van der Waals surface area (Å²) in [5, 5.41) is 0.605. The fourth-order valence-electron chi connectivity index (χ4n) is 5.16. The zero-order chi connectivity index (χ0) is 28.7. The third kappa shape index (κ3) is 7.05. The molecule has 1 heterocycles. The van der Waals surface area contributed by atoms with Crippen LogP contribution in [0.2, 0.25) is 0 Å². The minimum atomic E-state index is -1.10. The molecular weight excluding hydrogens is 520 g/mol. The van der Waals surface area contributed by atoms with Crippen molar-refractivity contribution in [1.82, 2.24) is 9.80 Å². The van der Waals surface area contributed by atoms with Gasteiger partial charge in [0.1, 0.15) is 13.5 Å². The van der Waals surface area contributed by atoms with Crippen molar-refractivity contribution in [2.24, 2.45) is 0 Å². The first-order valence-corrected chi connectivity index (χ1v) is 15.7. The molecule has 2 aromatic carbocycles. The molecule has 2 unspecified atom stereocenters. The number of ether oxygens (including phenoxy) is 4. The Kier molecular flexibility index (Phi) is 13.8. The number of rotatable bonds is 20. The van der Waals surface area contributed by atoms with E-state index in [1.54, 1.807) is 0 Å². The Morgan fingerprint density at radius 2 is 0.900 bits per heavy atom. The summed E-state index contributed by atoms with van der Waals surface area (Å²) < 4.78 is 26.9. The van der Waals surface area contributed by atoms with Crippen LogP contribution in [0.15, 0.2) is 60.7 Å². The average Bonchev–Trinajstić information content (AvgIpc) is 3.19. The van der Waals surface area contributed by atoms with Crippen molar-refractivity contribution in [2.75, 3.05) is 39.9 Å². The molecule has 0 N–H and O–H groups in total. The Labute approximate surface area is 247 Å². The van der Waals surface area contributed by atoms with Gasteiger partial charge in [-0.05, 0) is 37.9 Å². The average molecular weight is 571 g/mol. The Morgan fingerprint density at radius 1 is 0.550 bits per heavy atom. The van der Waals surface area contributed by atoms with Crippen LogP contribution in [-0.2, 0) is 30.4 Å². The van der Waals surface area contributed by atoms with E-state index in [2.05, 4.69) is 86.0 Å². The van der Waals surface area contributed by atoms with Gasteiger partial charge in [0.2, 0.25) is 11.4 Å². The number of thiocarbonyl (C=S) groups is 1. The predicted octanol–water partition coefficient (Wildman–Crippen LogP) is 7.78. The molecule has 1 aliphatic rings. The van der Waals surface area contributed by atoms with Crippen LogP contribution in [0, 0.1) is 0 Å². The number of benzene rings is 2. The summed E-state index contributed by atoms with van der Waals surface area (Å²) in [5.41, 5.74) is -0.251. The molecular formula is C33H50N2O4S. The minimum Gasteiger partial charge on any atom is -0.361 e. The predicted molar refractivity (Wildman–Crippen MR) is 166 cm³/mol. The van der Waals surface area contributed by atoms with Crippen LogP contribution in [0.4, 0.5) is 0 Å². The Morgan fingerprint density at radius 3 is 1.25 bits per heavy atom. The highest BCUT2D eigenvalue weighted by atomic mass is 32.1. The second kappa shape index (κ2) is 17.0. The normalized spacial score (nSPS) is 20.9. The van der Waals surface area contributed by atoms with Gasteiger partial charge < -0.3 is 18.9 Å². The standard InChI is InChI=1S/C33H50N2O4S/c1-5-9-23-36-27-34-31(40)35(28-37-24-10-6-2)33(39-26-12-8-4,30-21-17-14-18-22-30)32(34,38-25-11-7-3)29-19-15-13-16-20-29/h13-22H,5-12,23-28H2,1-4H3. The molecule has 7 heteroatoms. The molecule has 0 aliphatic carbocycles. The first-order valence-electron chi connectivity index (χ1n) is 15.3. The van der Waals surface area contributed by atoms with Gasteiger partial charge in [0.15, 0.2) is 5.11 Å². The highest BCUT2D eigenvalue weighted by Gasteiger charge is 2.70. The van der Waals surface area contributed by atoms with Gasteiger partial charge in [-0.25, -0.2) is 0 Å². The van der Waals surface area contributed by atoms with Crippen LogP contribution < -0.4 is 0 Å². The lowest BCUT2D eigenvalue weighted by molar-refractivity contribution is -0.304. The smallest absolute Gasteiger partial charge is 0.224 e. The molecule has 0 bridgehead atoms. The van der Waals surface area contributed by atoms with Gasteiger partial charge in [-0.3, -0.25) is 9.80 Å². The maximum atomic E-state index is 7.15. The highest BCUT2D eigenvalue weighted by molar-refractivity contribution is 7.80. The van der Waals surface area contributed by atoms with Gasteiger partial charge in [-0.1, -0.05) is 114 Å². The lowest BCUT2D eigenvalue weighted by Crippen LogP contribution is -2.61. The zero-order valence-corrected chi connectivity index (χ0v) is 25.9. The molecule has 6 nitrogen and oxygen atoms in total. The van der Waals surface area contributed by atoms with E-state index in [1.165, 1.54) is 0 Å². The van der Waals surface area contributed by atoms with Crippen molar-refractivity contribution in [1.29, 1.82) is 0 Å². The quantitative estimate of drug-likeness (QED) is 0.119. The highest BCUT2D eigenvalue weighted by Crippen LogP contribution is 2.56. The van der Waals surface area contributed by atoms with Crippen molar-refractivity contribution in [3.05, 3.63) is 71.8 Å². The summed E-state index contributed by atoms with van der Waals surface area (Å²) in [6.45, 7) is 11.7. The third-order valence-electron chi connectivity index (χ3n) is 7.35. The summed E-state index contributed by atoms with van der Waals surface area (Å²) in [7, 11) is 0. The molecule has 3 rings (SSSR count). The summed E-state index contributed by atoms with van der Waals surface area (Å²) in [4.78, 5) is 4.20. The molecule has 2 atom stereocenters. The van der Waals surface area contributed by atoms with E-state index in [9.17, 15) is 0 Å². The van der Waals surface area contributed by atoms with E-state index < -0.39 is 11.4 Å². The van der Waals surface area contributed by atoms with Gasteiger partial charge in [-0.2, -0.15) is 0 Å². The van der Waals surface area contributed by atoms with Gasteiger partial charge in [-0.15, -0.1) is 0 Å². The van der Waals surface area contributed by atoms with Crippen molar-refractivity contribution >= 4 is 17.3 Å².